The number of carbonyl (C=O) groups is 3. The molecule has 4 aliphatic carbocycles. The zero-order chi connectivity index (χ0) is 27.9. The van der Waals surface area contributed by atoms with Gasteiger partial charge in [-0.3, -0.25) is 14.4 Å². The van der Waals surface area contributed by atoms with Crippen LogP contribution in [0.5, 0.6) is 0 Å². The summed E-state index contributed by atoms with van der Waals surface area (Å²) in [4.78, 5) is 38.0. The number of aliphatic hydroxyl groups excluding tert-OH is 3. The molecule has 0 bridgehead atoms. The maximum Gasteiger partial charge on any atom is 0.306 e. The van der Waals surface area contributed by atoms with Crippen molar-refractivity contribution >= 4 is 17.5 Å². The highest BCUT2D eigenvalue weighted by atomic mass is 16.4. The molecule has 7 nitrogen and oxygen atoms in total. The van der Waals surface area contributed by atoms with Gasteiger partial charge in [-0.05, 0) is 65.3 Å². The number of allylic oxidation sites excluding steroid dienone is 1. The standard InChI is InChI=1S/C30H46O7/c1-15(10-17(31)11-16(2)26(36)37)18-12-23(35)30(7)25-19(32)13-21-27(3,4)22(34)8-9-28(21,5)24(25)20(33)14-29(18,30)6/h15-16,18-19,21-23,32,34-35H,8-14H2,1-7H3,(H,36,37)/t15-,16-,18-,19+,21-,22+,23+,28+,29-,30+/m1/s1. The molecule has 208 valence electrons. The Bertz CT molecular complexity index is 1030. The van der Waals surface area contributed by atoms with Crippen molar-refractivity contribution < 1.29 is 34.8 Å². The van der Waals surface area contributed by atoms with Gasteiger partial charge in [0.15, 0.2) is 5.78 Å². The van der Waals surface area contributed by atoms with E-state index in [1.165, 1.54) is 6.92 Å². The molecule has 0 aromatic heterocycles. The van der Waals surface area contributed by atoms with Gasteiger partial charge in [0, 0.05) is 30.3 Å². The minimum atomic E-state index is -0.995. The fraction of sp³-hybridized carbons (Fsp3) is 0.833. The van der Waals surface area contributed by atoms with Gasteiger partial charge in [-0.15, -0.1) is 0 Å². The maximum absolute atomic E-state index is 14.1. The monoisotopic (exact) mass is 518 g/mol. The highest BCUT2D eigenvalue weighted by Crippen LogP contribution is 2.71. The lowest BCUT2D eigenvalue weighted by Crippen LogP contribution is -2.61. The summed E-state index contributed by atoms with van der Waals surface area (Å²) in [6, 6.07) is 0. The quantitative estimate of drug-likeness (QED) is 0.419. The van der Waals surface area contributed by atoms with Crippen molar-refractivity contribution in [2.75, 3.05) is 0 Å². The molecule has 37 heavy (non-hydrogen) atoms. The molecular weight excluding hydrogens is 472 g/mol. The number of aliphatic carboxylic acids is 1. The molecule has 0 heterocycles. The maximum atomic E-state index is 14.1. The van der Waals surface area contributed by atoms with Gasteiger partial charge < -0.3 is 20.4 Å². The van der Waals surface area contributed by atoms with Crippen LogP contribution in [0.3, 0.4) is 0 Å². The zero-order valence-corrected chi connectivity index (χ0v) is 23.5. The van der Waals surface area contributed by atoms with Crippen LogP contribution in [0.25, 0.3) is 0 Å². The van der Waals surface area contributed by atoms with Crippen molar-refractivity contribution in [1.29, 1.82) is 0 Å². The van der Waals surface area contributed by atoms with Crippen molar-refractivity contribution in [3.8, 4) is 0 Å². The molecule has 0 amide bonds. The van der Waals surface area contributed by atoms with Crippen LogP contribution in [0.15, 0.2) is 11.1 Å². The van der Waals surface area contributed by atoms with Gasteiger partial charge >= 0.3 is 5.97 Å². The lowest BCUT2D eigenvalue weighted by atomic mass is 9.42. The average Bonchev–Trinajstić information content (AvgIpc) is 2.99. The molecule has 0 unspecified atom stereocenters. The molecule has 0 radical (unpaired) electrons. The van der Waals surface area contributed by atoms with Crippen molar-refractivity contribution in [1.82, 2.24) is 0 Å². The molecule has 10 atom stereocenters. The van der Waals surface area contributed by atoms with Crippen LogP contribution in [-0.4, -0.2) is 56.3 Å². The first kappa shape index (κ1) is 28.4. The summed E-state index contributed by atoms with van der Waals surface area (Å²) in [5, 5.41) is 43.3. The Labute approximate surface area is 220 Å². The van der Waals surface area contributed by atoms with Gasteiger partial charge in [-0.2, -0.15) is 0 Å². The SMILES string of the molecule is C[C@H](CC(=O)C[C@@H](C)[C@H]1C[C@H](O)[C@@]2(C)C3=C(C(=O)C[C@]12C)[C@@]1(C)CC[C@H](O)C(C)(C)[C@H]1C[C@@H]3O)C(=O)O. The van der Waals surface area contributed by atoms with Gasteiger partial charge in [0.1, 0.15) is 5.78 Å². The number of ketones is 2. The van der Waals surface area contributed by atoms with E-state index < -0.39 is 51.9 Å². The van der Waals surface area contributed by atoms with Crippen molar-refractivity contribution in [3.05, 3.63) is 11.1 Å². The average molecular weight is 519 g/mol. The number of carboxylic acid groups (broad SMARTS) is 1. The van der Waals surface area contributed by atoms with Gasteiger partial charge in [-0.25, -0.2) is 0 Å². The fourth-order valence-corrected chi connectivity index (χ4v) is 9.39. The molecule has 2 fully saturated rings. The van der Waals surface area contributed by atoms with Crippen LogP contribution < -0.4 is 0 Å². The Hall–Kier alpha value is -1.57. The highest BCUT2D eigenvalue weighted by Gasteiger charge is 2.70. The van der Waals surface area contributed by atoms with E-state index in [1.807, 2.05) is 34.6 Å². The van der Waals surface area contributed by atoms with Crippen LogP contribution in [0.2, 0.25) is 0 Å². The second kappa shape index (κ2) is 8.99. The number of hydrogen-bond acceptors (Lipinski definition) is 6. The summed E-state index contributed by atoms with van der Waals surface area (Å²) in [7, 11) is 0. The molecule has 0 spiro atoms. The largest absolute Gasteiger partial charge is 0.481 e. The zero-order valence-electron chi connectivity index (χ0n) is 23.5. The molecule has 0 saturated heterocycles. The van der Waals surface area contributed by atoms with E-state index in [9.17, 15) is 34.8 Å². The number of aliphatic hydroxyl groups is 3. The molecule has 0 aromatic rings. The number of rotatable bonds is 6. The van der Waals surface area contributed by atoms with E-state index in [-0.39, 0.29) is 48.6 Å². The van der Waals surface area contributed by atoms with Crippen LogP contribution in [-0.2, 0) is 14.4 Å². The van der Waals surface area contributed by atoms with E-state index >= 15 is 0 Å². The predicted octanol–water partition coefficient (Wildman–Crippen LogP) is 3.92. The third-order valence-electron chi connectivity index (χ3n) is 11.8. The summed E-state index contributed by atoms with van der Waals surface area (Å²) in [6.07, 6.45) is 0.391. The summed E-state index contributed by atoms with van der Waals surface area (Å²) >= 11 is 0. The fourth-order valence-electron chi connectivity index (χ4n) is 9.39. The third-order valence-corrected chi connectivity index (χ3v) is 11.8. The predicted molar refractivity (Wildman–Crippen MR) is 138 cm³/mol. The molecule has 4 aliphatic rings. The third kappa shape index (κ3) is 3.89. The second-order valence-electron chi connectivity index (χ2n) is 14.1. The number of carboxylic acids is 1. The Morgan fingerprint density at radius 2 is 1.59 bits per heavy atom. The first-order valence-electron chi connectivity index (χ1n) is 14.0. The minimum Gasteiger partial charge on any atom is -0.481 e. The van der Waals surface area contributed by atoms with Crippen molar-refractivity contribution in [3.63, 3.8) is 0 Å². The Balaban J connectivity index is 1.74. The minimum absolute atomic E-state index is 0.0190. The smallest absolute Gasteiger partial charge is 0.306 e. The lowest BCUT2D eigenvalue weighted by Gasteiger charge is -2.62. The number of Topliss-reactive ketones (excluding diaryl/α,β-unsaturated/α-hetero) is 2. The van der Waals surface area contributed by atoms with E-state index in [0.29, 0.717) is 36.8 Å². The Morgan fingerprint density at radius 3 is 2.19 bits per heavy atom. The van der Waals surface area contributed by atoms with Gasteiger partial charge in [-0.1, -0.05) is 48.5 Å². The van der Waals surface area contributed by atoms with E-state index in [1.54, 1.807) is 0 Å². The Kier molecular flexibility index (Phi) is 6.91. The number of fused-ring (bicyclic) bond motifs is 4. The van der Waals surface area contributed by atoms with E-state index in [4.69, 9.17) is 0 Å². The summed E-state index contributed by atoms with van der Waals surface area (Å²) in [5.41, 5.74) is -1.03. The van der Waals surface area contributed by atoms with Crippen molar-refractivity contribution in [2.24, 2.45) is 45.3 Å². The molecule has 4 N–H and O–H groups in total. The molecule has 0 aliphatic heterocycles. The summed E-state index contributed by atoms with van der Waals surface area (Å²) in [5.74, 6) is -2.17. The van der Waals surface area contributed by atoms with Crippen LogP contribution in [0, 0.1) is 45.3 Å². The highest BCUT2D eigenvalue weighted by molar-refractivity contribution is 6.00. The van der Waals surface area contributed by atoms with Crippen LogP contribution in [0.1, 0.15) is 93.4 Å². The molecule has 4 rings (SSSR count). The lowest BCUT2D eigenvalue weighted by molar-refractivity contribution is -0.143. The molecule has 2 saturated carbocycles. The first-order valence-corrected chi connectivity index (χ1v) is 14.0. The van der Waals surface area contributed by atoms with Crippen molar-refractivity contribution in [2.45, 2.75) is 112 Å². The topological polar surface area (TPSA) is 132 Å². The molecule has 0 aromatic carbocycles. The molecule has 7 heteroatoms. The summed E-state index contributed by atoms with van der Waals surface area (Å²) < 4.78 is 0. The van der Waals surface area contributed by atoms with E-state index in [2.05, 4.69) is 6.92 Å². The number of carbonyl (C=O) groups excluding carboxylic acids is 2. The van der Waals surface area contributed by atoms with Crippen LogP contribution >= 0.6 is 0 Å². The van der Waals surface area contributed by atoms with Gasteiger partial charge in [0.05, 0.1) is 24.2 Å². The van der Waals surface area contributed by atoms with Gasteiger partial charge in [0.2, 0.25) is 0 Å². The second-order valence-corrected chi connectivity index (χ2v) is 14.1. The van der Waals surface area contributed by atoms with Gasteiger partial charge in [0.25, 0.3) is 0 Å². The number of hydrogen-bond donors (Lipinski definition) is 4. The molecular formula is C30H46O7. The Morgan fingerprint density at radius 1 is 0.973 bits per heavy atom. The normalized spacial score (nSPS) is 44.5. The van der Waals surface area contributed by atoms with E-state index in [0.717, 1.165) is 0 Å². The summed E-state index contributed by atoms with van der Waals surface area (Å²) in [6.45, 7) is 13.7. The van der Waals surface area contributed by atoms with Crippen LogP contribution in [0.4, 0.5) is 0 Å². The first-order chi connectivity index (χ1) is 16.9.